The maximum Gasteiger partial charge on any atom is 0.318 e. The first-order valence-corrected chi connectivity index (χ1v) is 9.77. The second-order valence-corrected chi connectivity index (χ2v) is 7.46. The average Bonchev–Trinajstić information content (AvgIpc) is 3.32. The van der Waals surface area contributed by atoms with Crippen LogP contribution in [0.4, 0.5) is 4.79 Å². The number of carbonyl (C=O) groups excluding carboxylic acids is 1. The van der Waals surface area contributed by atoms with E-state index in [2.05, 4.69) is 15.8 Å². The minimum Gasteiger partial charge on any atom is -0.497 e. The number of nitrogens with one attached hydrogen (secondary N) is 1. The molecule has 146 valence electrons. The molecule has 4 rings (SSSR count). The van der Waals surface area contributed by atoms with E-state index in [9.17, 15) is 4.79 Å². The number of likely N-dealkylation sites (tertiary alicyclic amines) is 1. The van der Waals surface area contributed by atoms with Gasteiger partial charge in [-0.05, 0) is 63.1 Å². The van der Waals surface area contributed by atoms with Crippen LogP contribution in [0.5, 0.6) is 5.75 Å². The number of benzene rings is 1. The number of hydrogen-bond donors (Lipinski definition) is 1. The second-order valence-electron chi connectivity index (χ2n) is 7.46. The predicted octanol–water partition coefficient (Wildman–Crippen LogP) is 4.26. The van der Waals surface area contributed by atoms with Crippen molar-refractivity contribution in [3.63, 3.8) is 0 Å². The standard InChI is InChI=1S/C22H26N4O2/c1-15(2)23-22(27)26-14-6-8-19(26)21-24-20(18-7-4-5-13-25(18)21)16-9-11-17(28-3)12-10-16/h4-5,7,9-13,15,19H,6,8,14H2,1-3H3,(H,23,27). The molecule has 1 aliphatic rings. The molecule has 0 aliphatic carbocycles. The van der Waals surface area contributed by atoms with Gasteiger partial charge in [-0.15, -0.1) is 0 Å². The Balaban J connectivity index is 1.76. The summed E-state index contributed by atoms with van der Waals surface area (Å²) in [6.45, 7) is 4.72. The molecule has 1 aromatic carbocycles. The Labute approximate surface area is 165 Å². The van der Waals surface area contributed by atoms with Gasteiger partial charge in [0.25, 0.3) is 0 Å². The van der Waals surface area contributed by atoms with Crippen molar-refractivity contribution in [2.75, 3.05) is 13.7 Å². The van der Waals surface area contributed by atoms with Crippen LogP contribution >= 0.6 is 0 Å². The van der Waals surface area contributed by atoms with Crippen molar-refractivity contribution < 1.29 is 9.53 Å². The Morgan fingerprint density at radius 1 is 1.21 bits per heavy atom. The lowest BCUT2D eigenvalue weighted by Gasteiger charge is -2.25. The summed E-state index contributed by atoms with van der Waals surface area (Å²) in [7, 11) is 1.66. The molecule has 0 saturated carbocycles. The van der Waals surface area contributed by atoms with Crippen LogP contribution in [0.15, 0.2) is 48.7 Å². The minimum atomic E-state index is -0.0272. The van der Waals surface area contributed by atoms with Crippen molar-refractivity contribution in [1.29, 1.82) is 0 Å². The number of fused-ring (bicyclic) bond motifs is 1. The number of imidazole rings is 1. The number of pyridine rings is 1. The summed E-state index contributed by atoms with van der Waals surface area (Å²) in [6.07, 6.45) is 3.93. The SMILES string of the molecule is COc1ccc(-c2nc(C3CCCN3C(=O)NC(C)C)n3ccccc23)cc1. The van der Waals surface area contributed by atoms with E-state index < -0.39 is 0 Å². The number of hydrogen-bond acceptors (Lipinski definition) is 3. The third-order valence-electron chi connectivity index (χ3n) is 5.16. The zero-order valence-electron chi connectivity index (χ0n) is 16.6. The van der Waals surface area contributed by atoms with Crippen LogP contribution in [0.3, 0.4) is 0 Å². The highest BCUT2D eigenvalue weighted by Gasteiger charge is 2.33. The summed E-state index contributed by atoms with van der Waals surface area (Å²) in [4.78, 5) is 19.6. The second kappa shape index (κ2) is 7.54. The average molecular weight is 378 g/mol. The third-order valence-corrected chi connectivity index (χ3v) is 5.16. The van der Waals surface area contributed by atoms with Crippen molar-refractivity contribution in [2.45, 2.75) is 38.8 Å². The van der Waals surface area contributed by atoms with Gasteiger partial charge in [0.05, 0.1) is 24.4 Å². The number of methoxy groups -OCH3 is 1. The molecule has 0 radical (unpaired) electrons. The van der Waals surface area contributed by atoms with Crippen LogP contribution in [-0.4, -0.2) is 40.0 Å². The largest absolute Gasteiger partial charge is 0.497 e. The fraction of sp³-hybridized carbons (Fsp3) is 0.364. The zero-order valence-corrected chi connectivity index (χ0v) is 16.6. The Bertz CT molecular complexity index is 978. The first-order valence-electron chi connectivity index (χ1n) is 9.77. The molecule has 0 bridgehead atoms. The van der Waals surface area contributed by atoms with Gasteiger partial charge >= 0.3 is 6.03 Å². The quantitative estimate of drug-likeness (QED) is 0.738. The molecular formula is C22H26N4O2. The van der Waals surface area contributed by atoms with E-state index in [1.807, 2.05) is 61.3 Å². The highest BCUT2D eigenvalue weighted by molar-refractivity contribution is 5.79. The summed E-state index contributed by atoms with van der Waals surface area (Å²) >= 11 is 0. The molecule has 28 heavy (non-hydrogen) atoms. The van der Waals surface area contributed by atoms with Gasteiger partial charge in [-0.2, -0.15) is 0 Å². The first-order chi connectivity index (χ1) is 13.6. The Kier molecular flexibility index (Phi) is 4.94. The van der Waals surface area contributed by atoms with Gasteiger partial charge < -0.3 is 19.4 Å². The molecule has 3 aromatic rings. The van der Waals surface area contributed by atoms with Crippen LogP contribution in [0.2, 0.25) is 0 Å². The number of aromatic nitrogens is 2. The van der Waals surface area contributed by atoms with E-state index in [1.165, 1.54) is 0 Å². The Hall–Kier alpha value is -3.02. The normalized spacial score (nSPS) is 16.7. The molecule has 2 amide bonds. The fourth-order valence-corrected chi connectivity index (χ4v) is 3.87. The molecular weight excluding hydrogens is 352 g/mol. The van der Waals surface area contributed by atoms with Crippen LogP contribution in [0.25, 0.3) is 16.8 Å². The molecule has 1 fully saturated rings. The highest BCUT2D eigenvalue weighted by Crippen LogP contribution is 2.35. The molecule has 1 aliphatic heterocycles. The van der Waals surface area contributed by atoms with Gasteiger partial charge in [0.15, 0.2) is 0 Å². The number of carbonyl (C=O) groups is 1. The highest BCUT2D eigenvalue weighted by atomic mass is 16.5. The molecule has 1 saturated heterocycles. The first kappa shape index (κ1) is 18.3. The van der Waals surface area contributed by atoms with Crippen molar-refractivity contribution in [3.05, 3.63) is 54.5 Å². The molecule has 3 heterocycles. The number of rotatable bonds is 4. The van der Waals surface area contributed by atoms with Gasteiger partial charge in [0, 0.05) is 24.3 Å². The van der Waals surface area contributed by atoms with Crippen molar-refractivity contribution in [1.82, 2.24) is 19.6 Å². The van der Waals surface area contributed by atoms with Gasteiger partial charge in [0.1, 0.15) is 11.6 Å². The molecule has 0 spiro atoms. The van der Waals surface area contributed by atoms with Crippen molar-refractivity contribution in [2.24, 2.45) is 0 Å². The fourth-order valence-electron chi connectivity index (χ4n) is 3.87. The lowest BCUT2D eigenvalue weighted by atomic mass is 10.1. The number of urea groups is 1. The molecule has 1 N–H and O–H groups in total. The Morgan fingerprint density at radius 3 is 2.71 bits per heavy atom. The summed E-state index contributed by atoms with van der Waals surface area (Å²) in [5, 5.41) is 3.02. The smallest absolute Gasteiger partial charge is 0.318 e. The van der Waals surface area contributed by atoms with E-state index in [1.54, 1.807) is 7.11 Å². The summed E-state index contributed by atoms with van der Waals surface area (Å²) in [6, 6.07) is 14.1. The third kappa shape index (κ3) is 3.30. The summed E-state index contributed by atoms with van der Waals surface area (Å²) in [5.41, 5.74) is 3.00. The lowest BCUT2D eigenvalue weighted by molar-refractivity contribution is 0.188. The van der Waals surface area contributed by atoms with E-state index in [4.69, 9.17) is 9.72 Å². The van der Waals surface area contributed by atoms with E-state index >= 15 is 0 Å². The van der Waals surface area contributed by atoms with E-state index in [0.29, 0.717) is 0 Å². The van der Waals surface area contributed by atoms with Gasteiger partial charge in [0.2, 0.25) is 0 Å². The molecule has 1 atom stereocenters. The van der Waals surface area contributed by atoms with Gasteiger partial charge in [-0.3, -0.25) is 0 Å². The molecule has 6 heteroatoms. The minimum absolute atomic E-state index is 0.0174. The van der Waals surface area contributed by atoms with Crippen molar-refractivity contribution >= 4 is 11.5 Å². The van der Waals surface area contributed by atoms with Gasteiger partial charge in [-0.1, -0.05) is 6.07 Å². The van der Waals surface area contributed by atoms with Crippen LogP contribution in [0.1, 0.15) is 38.6 Å². The van der Waals surface area contributed by atoms with Crippen molar-refractivity contribution in [3.8, 4) is 17.0 Å². The number of amides is 2. The maximum absolute atomic E-state index is 12.7. The topological polar surface area (TPSA) is 58.9 Å². The summed E-state index contributed by atoms with van der Waals surface area (Å²) in [5.74, 6) is 1.73. The van der Waals surface area contributed by atoms with Crippen LogP contribution in [0, 0.1) is 0 Å². The number of ether oxygens (including phenoxy) is 1. The van der Waals surface area contributed by atoms with Gasteiger partial charge in [-0.25, -0.2) is 9.78 Å². The number of nitrogens with zero attached hydrogens (tertiary/aromatic N) is 3. The Morgan fingerprint density at radius 2 is 2.00 bits per heavy atom. The summed E-state index contributed by atoms with van der Waals surface area (Å²) < 4.78 is 7.39. The maximum atomic E-state index is 12.7. The van der Waals surface area contributed by atoms with Crippen LogP contribution < -0.4 is 10.1 Å². The van der Waals surface area contributed by atoms with E-state index in [0.717, 1.165) is 47.7 Å². The molecule has 2 aromatic heterocycles. The molecule has 6 nitrogen and oxygen atoms in total. The molecule has 1 unspecified atom stereocenters. The monoisotopic (exact) mass is 378 g/mol. The van der Waals surface area contributed by atoms with E-state index in [-0.39, 0.29) is 18.1 Å². The van der Waals surface area contributed by atoms with Crippen LogP contribution in [-0.2, 0) is 0 Å². The lowest BCUT2D eigenvalue weighted by Crippen LogP contribution is -2.42. The zero-order chi connectivity index (χ0) is 19.7. The predicted molar refractivity (Wildman–Crippen MR) is 110 cm³/mol.